The topological polar surface area (TPSA) is 81.5 Å². The molecule has 1 aliphatic rings. The van der Waals surface area contributed by atoms with E-state index in [1.165, 1.54) is 17.0 Å². The zero-order chi connectivity index (χ0) is 17.5. The minimum atomic E-state index is -4.04. The molecule has 1 heterocycles. The molecule has 0 aromatic heterocycles. The Hall–Kier alpha value is -2.85. The molecule has 0 radical (unpaired) electrons. The van der Waals surface area contributed by atoms with Crippen LogP contribution in [0.2, 0.25) is 0 Å². The number of carbonyl (C=O) groups is 1. The summed E-state index contributed by atoms with van der Waals surface area (Å²) in [4.78, 5) is 14.0. The summed E-state index contributed by atoms with van der Waals surface area (Å²) in [5.41, 5.74) is 2.16. The van der Waals surface area contributed by atoms with Crippen LogP contribution >= 0.6 is 0 Å². The van der Waals surface area contributed by atoms with Gasteiger partial charge in [-0.1, -0.05) is 29.8 Å². The number of hydrogen-bond donors (Lipinski definition) is 0. The maximum atomic E-state index is 13.0. The standard InChI is InChI=1S/C17H15N3O3S/c1-12-7-8-14(13(2)11-12)20-17(21)19(10-9-18)15-5-3-4-6-16(15)24(20,22)23/h3-8,11H,10H2,1-2H3. The molecule has 0 saturated heterocycles. The van der Waals surface area contributed by atoms with E-state index < -0.39 is 16.1 Å². The Balaban J connectivity index is 2.28. The number of carbonyl (C=O) groups excluding carboxylic acids is 1. The molecule has 0 spiro atoms. The molecule has 2 aromatic carbocycles. The molecular weight excluding hydrogens is 326 g/mol. The SMILES string of the molecule is Cc1ccc(N2C(=O)N(CC#N)c3ccccc3S2(=O)=O)c(C)c1. The molecule has 0 fully saturated rings. The Morgan fingerprint density at radius 2 is 1.79 bits per heavy atom. The summed E-state index contributed by atoms with van der Waals surface area (Å²) in [6, 6.07) is 12.5. The highest BCUT2D eigenvalue weighted by Crippen LogP contribution is 2.38. The van der Waals surface area contributed by atoms with E-state index in [1.54, 1.807) is 31.2 Å². The lowest BCUT2D eigenvalue weighted by Crippen LogP contribution is -2.51. The molecule has 1 aliphatic heterocycles. The molecule has 0 bridgehead atoms. The Kier molecular flexibility index (Phi) is 3.78. The summed E-state index contributed by atoms with van der Waals surface area (Å²) in [5.74, 6) is 0. The van der Waals surface area contributed by atoms with E-state index >= 15 is 0 Å². The van der Waals surface area contributed by atoms with Crippen LogP contribution in [0, 0.1) is 25.2 Å². The molecular formula is C17H15N3O3S. The van der Waals surface area contributed by atoms with E-state index in [4.69, 9.17) is 5.26 Å². The van der Waals surface area contributed by atoms with Crippen molar-refractivity contribution in [2.75, 3.05) is 15.7 Å². The minimum absolute atomic E-state index is 0.0137. The molecule has 0 unspecified atom stereocenters. The molecule has 3 rings (SSSR count). The average Bonchev–Trinajstić information content (AvgIpc) is 2.53. The van der Waals surface area contributed by atoms with Crippen LogP contribution in [0.15, 0.2) is 47.4 Å². The molecule has 2 aromatic rings. The van der Waals surface area contributed by atoms with E-state index in [-0.39, 0.29) is 17.1 Å². The van der Waals surface area contributed by atoms with Gasteiger partial charge in [-0.05, 0) is 37.6 Å². The summed E-state index contributed by atoms with van der Waals surface area (Å²) < 4.78 is 26.8. The first-order valence-corrected chi connectivity index (χ1v) is 8.72. The highest BCUT2D eigenvalue weighted by atomic mass is 32.2. The number of benzene rings is 2. The predicted molar refractivity (Wildman–Crippen MR) is 90.4 cm³/mol. The van der Waals surface area contributed by atoms with Crippen molar-refractivity contribution < 1.29 is 13.2 Å². The van der Waals surface area contributed by atoms with Crippen molar-refractivity contribution in [2.24, 2.45) is 0 Å². The van der Waals surface area contributed by atoms with Crippen LogP contribution in [-0.4, -0.2) is 21.0 Å². The molecule has 0 saturated carbocycles. The van der Waals surface area contributed by atoms with Gasteiger partial charge in [0.1, 0.15) is 11.4 Å². The van der Waals surface area contributed by atoms with Crippen molar-refractivity contribution in [3.63, 3.8) is 0 Å². The van der Waals surface area contributed by atoms with Crippen LogP contribution in [-0.2, 0) is 10.0 Å². The van der Waals surface area contributed by atoms with Gasteiger partial charge in [-0.3, -0.25) is 4.90 Å². The van der Waals surface area contributed by atoms with Crippen LogP contribution in [0.4, 0.5) is 16.2 Å². The van der Waals surface area contributed by atoms with Gasteiger partial charge in [0, 0.05) is 0 Å². The Labute approximate surface area is 140 Å². The number of nitriles is 1. The highest BCUT2D eigenvalue weighted by Gasteiger charge is 2.42. The average molecular weight is 341 g/mol. The van der Waals surface area contributed by atoms with Crippen molar-refractivity contribution in [3.05, 3.63) is 53.6 Å². The zero-order valence-electron chi connectivity index (χ0n) is 13.2. The van der Waals surface area contributed by atoms with E-state index in [0.29, 0.717) is 11.3 Å². The molecule has 0 N–H and O–H groups in total. The second kappa shape index (κ2) is 5.65. The number of anilines is 2. The van der Waals surface area contributed by atoms with Crippen LogP contribution in [0.3, 0.4) is 0 Å². The third-order valence-corrected chi connectivity index (χ3v) is 5.61. The quantitative estimate of drug-likeness (QED) is 0.786. The molecule has 7 heteroatoms. The van der Waals surface area contributed by atoms with E-state index in [2.05, 4.69) is 0 Å². The first-order chi connectivity index (χ1) is 11.4. The van der Waals surface area contributed by atoms with Crippen molar-refractivity contribution in [1.82, 2.24) is 0 Å². The number of nitrogens with zero attached hydrogens (tertiary/aromatic N) is 3. The number of fused-ring (bicyclic) bond motifs is 1. The molecule has 0 atom stereocenters. The molecule has 24 heavy (non-hydrogen) atoms. The number of urea groups is 1. The molecule has 2 amide bonds. The van der Waals surface area contributed by atoms with Gasteiger partial charge in [0.15, 0.2) is 0 Å². The van der Waals surface area contributed by atoms with Gasteiger partial charge in [0.25, 0.3) is 10.0 Å². The Morgan fingerprint density at radius 3 is 2.46 bits per heavy atom. The van der Waals surface area contributed by atoms with E-state index in [9.17, 15) is 13.2 Å². The van der Waals surface area contributed by atoms with Gasteiger partial charge in [-0.25, -0.2) is 13.2 Å². The van der Waals surface area contributed by atoms with Gasteiger partial charge in [0.2, 0.25) is 0 Å². The molecule has 122 valence electrons. The predicted octanol–water partition coefficient (Wildman–Crippen LogP) is 2.96. The summed E-state index contributed by atoms with van der Waals surface area (Å²) in [7, 11) is -4.04. The third kappa shape index (κ3) is 2.32. The minimum Gasteiger partial charge on any atom is -0.278 e. The summed E-state index contributed by atoms with van der Waals surface area (Å²) in [6.07, 6.45) is 0. The lowest BCUT2D eigenvalue weighted by atomic mass is 10.1. The number of aryl methyl sites for hydroxylation is 2. The summed E-state index contributed by atoms with van der Waals surface area (Å²) >= 11 is 0. The van der Waals surface area contributed by atoms with Gasteiger partial charge < -0.3 is 0 Å². The first kappa shape index (κ1) is 16.0. The fourth-order valence-electron chi connectivity index (χ4n) is 2.80. The summed E-state index contributed by atoms with van der Waals surface area (Å²) in [6.45, 7) is 3.41. The van der Waals surface area contributed by atoms with Crippen molar-refractivity contribution in [2.45, 2.75) is 18.7 Å². The largest absolute Gasteiger partial charge is 0.344 e. The number of hydrogen-bond acceptors (Lipinski definition) is 4. The Morgan fingerprint density at radius 1 is 1.08 bits per heavy atom. The van der Waals surface area contributed by atoms with Crippen LogP contribution in [0.25, 0.3) is 0 Å². The van der Waals surface area contributed by atoms with Gasteiger partial charge in [-0.15, -0.1) is 0 Å². The lowest BCUT2D eigenvalue weighted by molar-refractivity contribution is 0.254. The smallest absolute Gasteiger partial charge is 0.278 e. The number of sulfonamides is 1. The van der Waals surface area contributed by atoms with Crippen molar-refractivity contribution in [1.29, 1.82) is 5.26 Å². The van der Waals surface area contributed by atoms with Gasteiger partial charge >= 0.3 is 6.03 Å². The fourth-order valence-corrected chi connectivity index (χ4v) is 4.46. The van der Waals surface area contributed by atoms with Gasteiger partial charge in [0.05, 0.1) is 17.4 Å². The van der Waals surface area contributed by atoms with Crippen LogP contribution in [0.5, 0.6) is 0 Å². The lowest BCUT2D eigenvalue weighted by Gasteiger charge is -2.35. The monoisotopic (exact) mass is 341 g/mol. The fraction of sp³-hybridized carbons (Fsp3) is 0.176. The van der Waals surface area contributed by atoms with E-state index in [0.717, 1.165) is 9.87 Å². The third-order valence-electron chi connectivity index (χ3n) is 3.88. The van der Waals surface area contributed by atoms with Crippen molar-refractivity contribution in [3.8, 4) is 6.07 Å². The van der Waals surface area contributed by atoms with E-state index in [1.807, 2.05) is 19.1 Å². The van der Waals surface area contributed by atoms with Crippen molar-refractivity contribution >= 4 is 27.4 Å². The second-order valence-corrected chi connectivity index (χ2v) is 7.31. The van der Waals surface area contributed by atoms with Crippen LogP contribution in [0.1, 0.15) is 11.1 Å². The molecule has 6 nitrogen and oxygen atoms in total. The Bertz CT molecular complexity index is 977. The maximum absolute atomic E-state index is 13.0. The zero-order valence-corrected chi connectivity index (χ0v) is 14.0. The molecule has 0 aliphatic carbocycles. The number of para-hydroxylation sites is 1. The number of amides is 2. The highest BCUT2D eigenvalue weighted by molar-refractivity contribution is 7.94. The summed E-state index contributed by atoms with van der Waals surface area (Å²) in [5, 5.41) is 9.03. The van der Waals surface area contributed by atoms with Gasteiger partial charge in [-0.2, -0.15) is 9.57 Å². The second-order valence-electron chi connectivity index (χ2n) is 5.55. The first-order valence-electron chi connectivity index (χ1n) is 7.28. The maximum Gasteiger partial charge on any atom is 0.344 e. The number of rotatable bonds is 2. The van der Waals surface area contributed by atoms with Crippen LogP contribution < -0.4 is 9.21 Å². The normalized spacial score (nSPS) is 15.8.